The zero-order chi connectivity index (χ0) is 22.0. The number of aryl methyl sites for hydroxylation is 1. The van der Waals surface area contributed by atoms with Crippen LogP contribution in [0.3, 0.4) is 0 Å². The highest BCUT2D eigenvalue weighted by Crippen LogP contribution is 2.32. The van der Waals surface area contributed by atoms with Crippen LogP contribution in [0.2, 0.25) is 5.15 Å². The average Bonchev–Trinajstić information content (AvgIpc) is 2.78. The fraction of sp³-hybridized carbons (Fsp3) is 0.136. The number of rotatable bonds is 5. The Morgan fingerprint density at radius 2 is 1.84 bits per heavy atom. The summed E-state index contributed by atoms with van der Waals surface area (Å²) in [6, 6.07) is 12.5. The van der Waals surface area contributed by atoms with Gasteiger partial charge >= 0.3 is 0 Å². The van der Waals surface area contributed by atoms with Gasteiger partial charge in [0, 0.05) is 42.8 Å². The van der Waals surface area contributed by atoms with Crippen LogP contribution >= 0.6 is 11.6 Å². The first-order valence-electron chi connectivity index (χ1n) is 9.47. The minimum absolute atomic E-state index is 0.112. The predicted octanol–water partition coefficient (Wildman–Crippen LogP) is 4.17. The number of pyridine rings is 2. The van der Waals surface area contributed by atoms with Crippen molar-refractivity contribution in [3.8, 4) is 6.07 Å². The van der Waals surface area contributed by atoms with E-state index in [0.717, 1.165) is 5.39 Å². The summed E-state index contributed by atoms with van der Waals surface area (Å²) in [7, 11) is 1.70. The number of aromatic nitrogens is 4. The smallest absolute Gasteiger partial charge is 0.252 e. The maximum absolute atomic E-state index is 12.7. The first-order chi connectivity index (χ1) is 15.0. The van der Waals surface area contributed by atoms with Crippen molar-refractivity contribution >= 4 is 39.6 Å². The van der Waals surface area contributed by atoms with Crippen LogP contribution in [-0.2, 0) is 7.05 Å². The van der Waals surface area contributed by atoms with Gasteiger partial charge in [0.25, 0.3) is 5.56 Å². The third-order valence-corrected chi connectivity index (χ3v) is 5.18. The summed E-state index contributed by atoms with van der Waals surface area (Å²) in [5, 5.41) is 17.0. The molecule has 1 atom stereocenters. The Labute approximate surface area is 183 Å². The molecule has 0 amide bonds. The van der Waals surface area contributed by atoms with Crippen molar-refractivity contribution in [2.24, 2.45) is 7.05 Å². The van der Waals surface area contributed by atoms with E-state index in [1.54, 1.807) is 42.2 Å². The lowest BCUT2D eigenvalue weighted by atomic mass is 10.1. The lowest BCUT2D eigenvalue weighted by molar-refractivity contribution is 0.788. The largest absolute Gasteiger partial charge is 0.375 e. The van der Waals surface area contributed by atoms with Gasteiger partial charge in [-0.3, -0.25) is 4.79 Å². The first-order valence-corrected chi connectivity index (χ1v) is 9.85. The molecule has 4 aromatic rings. The number of nitrogens with one attached hydrogen (secondary N) is 2. The number of halogens is 1. The second-order valence-electron chi connectivity index (χ2n) is 6.89. The van der Waals surface area contributed by atoms with Crippen LogP contribution in [0, 0.1) is 11.3 Å². The van der Waals surface area contributed by atoms with E-state index in [-0.39, 0.29) is 22.3 Å². The molecule has 0 aliphatic carbocycles. The fourth-order valence-electron chi connectivity index (χ4n) is 3.37. The molecular weight excluding hydrogens is 414 g/mol. The molecule has 0 saturated heterocycles. The molecule has 1 aromatic carbocycles. The van der Waals surface area contributed by atoms with Crippen LogP contribution in [0.5, 0.6) is 0 Å². The lowest BCUT2D eigenvalue weighted by Gasteiger charge is -2.19. The minimum Gasteiger partial charge on any atom is -0.375 e. The van der Waals surface area contributed by atoms with Crippen molar-refractivity contribution in [3.05, 3.63) is 81.9 Å². The number of nitriles is 1. The predicted molar refractivity (Wildman–Crippen MR) is 121 cm³/mol. The Hall–Kier alpha value is -3.96. The number of nitrogens with zero attached hydrogens (tertiary/aromatic N) is 5. The molecular formula is C22H18ClN7O. The zero-order valence-corrected chi connectivity index (χ0v) is 17.6. The molecule has 0 unspecified atom stereocenters. The summed E-state index contributed by atoms with van der Waals surface area (Å²) < 4.78 is 1.56. The molecule has 8 nitrogen and oxygen atoms in total. The molecule has 0 spiro atoms. The maximum Gasteiger partial charge on any atom is 0.252 e. The standard InChI is InChI=1S/C22H18ClN7O/c1-13(22-26-8-4-9-27-22)28-18-11-19(31)30(2)20-14(18)5-3-6-17(20)29-16-7-10-25-21(23)15(16)12-24/h3-11,13,28H,1-2H3,(H,25,29)/t13-/m1/s1. The van der Waals surface area contributed by atoms with Crippen LogP contribution in [-0.4, -0.2) is 19.5 Å². The van der Waals surface area contributed by atoms with E-state index in [1.807, 2.05) is 25.1 Å². The van der Waals surface area contributed by atoms with Gasteiger partial charge in [-0.2, -0.15) is 5.26 Å². The molecule has 0 bridgehead atoms. The summed E-state index contributed by atoms with van der Waals surface area (Å²) in [4.78, 5) is 25.2. The number of benzene rings is 1. The highest BCUT2D eigenvalue weighted by atomic mass is 35.5. The number of hydrogen-bond donors (Lipinski definition) is 2. The maximum atomic E-state index is 12.7. The van der Waals surface area contributed by atoms with Gasteiger partial charge in [-0.25, -0.2) is 15.0 Å². The van der Waals surface area contributed by atoms with Gasteiger partial charge in [0.2, 0.25) is 0 Å². The third-order valence-electron chi connectivity index (χ3n) is 4.89. The fourth-order valence-corrected chi connectivity index (χ4v) is 3.58. The van der Waals surface area contributed by atoms with Crippen molar-refractivity contribution < 1.29 is 0 Å². The Bertz CT molecular complexity index is 1360. The molecule has 3 aromatic heterocycles. The Kier molecular flexibility index (Phi) is 5.52. The van der Waals surface area contributed by atoms with Crippen LogP contribution < -0.4 is 16.2 Å². The van der Waals surface area contributed by atoms with Crippen LogP contribution in [0.1, 0.15) is 24.4 Å². The van der Waals surface area contributed by atoms with E-state index >= 15 is 0 Å². The van der Waals surface area contributed by atoms with Gasteiger partial charge in [-0.15, -0.1) is 0 Å². The molecule has 154 valence electrons. The molecule has 0 saturated carbocycles. The van der Waals surface area contributed by atoms with Gasteiger partial charge < -0.3 is 15.2 Å². The van der Waals surface area contributed by atoms with E-state index < -0.39 is 0 Å². The monoisotopic (exact) mass is 431 g/mol. The molecule has 9 heteroatoms. The van der Waals surface area contributed by atoms with Crippen LogP contribution in [0.25, 0.3) is 10.9 Å². The molecule has 0 aliphatic rings. The first kappa shape index (κ1) is 20.3. The normalized spacial score (nSPS) is 11.7. The second kappa shape index (κ2) is 8.42. The van der Waals surface area contributed by atoms with E-state index in [9.17, 15) is 10.1 Å². The highest BCUT2D eigenvalue weighted by molar-refractivity contribution is 6.31. The summed E-state index contributed by atoms with van der Waals surface area (Å²) in [5.41, 5.74) is 2.55. The van der Waals surface area contributed by atoms with Crippen molar-refractivity contribution in [2.75, 3.05) is 10.6 Å². The van der Waals surface area contributed by atoms with Gasteiger partial charge in [-0.05, 0) is 25.1 Å². The van der Waals surface area contributed by atoms with E-state index in [1.165, 1.54) is 6.20 Å². The number of hydrogen-bond acceptors (Lipinski definition) is 7. The summed E-state index contributed by atoms with van der Waals surface area (Å²) in [5.74, 6) is 0.621. The summed E-state index contributed by atoms with van der Waals surface area (Å²) in [6.07, 6.45) is 4.87. The number of anilines is 3. The summed E-state index contributed by atoms with van der Waals surface area (Å²) >= 11 is 6.06. The SMILES string of the molecule is C[C@@H](Nc1cc(=O)n(C)c2c(Nc3ccnc(Cl)c3C#N)cccc12)c1ncccn1. The Balaban J connectivity index is 1.82. The lowest BCUT2D eigenvalue weighted by Crippen LogP contribution is -2.19. The topological polar surface area (TPSA) is 109 Å². The number of para-hydroxylation sites is 1. The van der Waals surface area contributed by atoms with Gasteiger partial charge in [-0.1, -0.05) is 23.7 Å². The number of fused-ring (bicyclic) bond motifs is 1. The second-order valence-corrected chi connectivity index (χ2v) is 7.25. The highest BCUT2D eigenvalue weighted by Gasteiger charge is 2.16. The molecule has 3 heterocycles. The van der Waals surface area contributed by atoms with E-state index in [2.05, 4.69) is 31.7 Å². The van der Waals surface area contributed by atoms with Crippen LogP contribution in [0.4, 0.5) is 17.1 Å². The molecule has 2 N–H and O–H groups in total. The van der Waals surface area contributed by atoms with Crippen LogP contribution in [0.15, 0.2) is 59.8 Å². The van der Waals surface area contributed by atoms with Gasteiger partial charge in [0.05, 0.1) is 22.9 Å². The van der Waals surface area contributed by atoms with E-state index in [4.69, 9.17) is 11.6 Å². The van der Waals surface area contributed by atoms with Gasteiger partial charge in [0.15, 0.2) is 0 Å². The third kappa shape index (κ3) is 3.91. The quantitative estimate of drug-likeness (QED) is 0.456. The molecule has 0 aliphatic heterocycles. The van der Waals surface area contributed by atoms with Crippen molar-refractivity contribution in [2.45, 2.75) is 13.0 Å². The molecule has 4 rings (SSSR count). The summed E-state index contributed by atoms with van der Waals surface area (Å²) in [6.45, 7) is 1.93. The average molecular weight is 432 g/mol. The molecule has 0 radical (unpaired) electrons. The zero-order valence-electron chi connectivity index (χ0n) is 16.8. The van der Waals surface area contributed by atoms with Crippen molar-refractivity contribution in [3.63, 3.8) is 0 Å². The molecule has 0 fully saturated rings. The Morgan fingerprint density at radius 1 is 1.06 bits per heavy atom. The minimum atomic E-state index is -0.211. The van der Waals surface area contributed by atoms with E-state index in [0.29, 0.717) is 28.4 Å². The molecule has 31 heavy (non-hydrogen) atoms. The van der Waals surface area contributed by atoms with Crippen molar-refractivity contribution in [1.82, 2.24) is 19.5 Å². The van der Waals surface area contributed by atoms with Gasteiger partial charge in [0.1, 0.15) is 22.6 Å². The van der Waals surface area contributed by atoms with Crippen molar-refractivity contribution in [1.29, 1.82) is 5.26 Å². The Morgan fingerprint density at radius 3 is 2.58 bits per heavy atom.